The summed E-state index contributed by atoms with van der Waals surface area (Å²) >= 11 is 6.82. The van der Waals surface area contributed by atoms with E-state index in [0.717, 1.165) is 21.3 Å². The molecule has 0 spiro atoms. The van der Waals surface area contributed by atoms with E-state index in [2.05, 4.69) is 46.7 Å². The molecule has 0 aliphatic heterocycles. The highest BCUT2D eigenvalue weighted by atomic mass is 35.5. The van der Waals surface area contributed by atoms with E-state index in [-0.39, 0.29) is 16.6 Å². The van der Waals surface area contributed by atoms with Crippen LogP contribution in [0, 0.1) is 0 Å². The Morgan fingerprint density at radius 2 is 1.07 bits per heavy atom. The molecule has 6 rings (SSSR count). The van der Waals surface area contributed by atoms with Crippen LogP contribution >= 0.6 is 18.7 Å². The lowest BCUT2D eigenvalue weighted by molar-refractivity contribution is 0.102. The van der Waals surface area contributed by atoms with Gasteiger partial charge in [-0.05, 0) is 18.2 Å². The molecule has 0 atom stereocenters. The minimum absolute atomic E-state index is 0.109. The minimum Gasteiger partial charge on any atom is -0.322 e. The Bertz CT molecular complexity index is 1740. The van der Waals surface area contributed by atoms with Gasteiger partial charge in [-0.3, -0.25) is 9.54 Å². The molecule has 0 bridgehead atoms. The summed E-state index contributed by atoms with van der Waals surface area (Å²) in [5, 5.41) is 7.07. The number of rotatable bonds is 6. The molecule has 1 aromatic heterocycles. The summed E-state index contributed by atoms with van der Waals surface area (Å²) < 4.78 is 5.68. The van der Waals surface area contributed by atoms with Gasteiger partial charge in [-0.1, -0.05) is 139 Å². The van der Waals surface area contributed by atoms with Crippen LogP contribution in [0.25, 0.3) is 10.9 Å². The first kappa shape index (κ1) is 25.8. The number of pyridine rings is 1. The molecule has 0 aliphatic rings. The fourth-order valence-corrected chi connectivity index (χ4v) is 8.71. The molecule has 194 valence electrons. The maximum atomic E-state index is 13.9. The van der Waals surface area contributed by atoms with Crippen LogP contribution < -0.4 is 21.2 Å². The molecule has 0 radical (unpaired) electrons. The first-order chi connectivity index (χ1) is 19.7. The fraction of sp³-hybridized carbons (Fsp3) is 0. The lowest BCUT2D eigenvalue weighted by Crippen LogP contribution is -2.25. The van der Waals surface area contributed by atoms with E-state index in [1.165, 1.54) is 0 Å². The zero-order valence-corrected chi connectivity index (χ0v) is 23.1. The van der Waals surface area contributed by atoms with Crippen molar-refractivity contribution in [2.75, 3.05) is 5.32 Å². The Kier molecular flexibility index (Phi) is 7.29. The molecule has 4 nitrogen and oxygen atoms in total. The van der Waals surface area contributed by atoms with Gasteiger partial charge < -0.3 is 5.32 Å². The highest BCUT2D eigenvalue weighted by Gasteiger charge is 2.30. The number of nitrogens with zero attached hydrogens (tertiary/aromatic N) is 2. The molecule has 0 fully saturated rings. The Labute approximate surface area is 238 Å². The molecule has 1 N–H and O–H groups in total. The summed E-state index contributed by atoms with van der Waals surface area (Å²) in [7, 11) is -2.69. The average Bonchev–Trinajstić information content (AvgIpc) is 3.01. The average molecular weight is 558 g/mol. The van der Waals surface area contributed by atoms with Gasteiger partial charge in [-0.15, -0.1) is 0 Å². The number of nitrogens with one attached hydrogen (secondary N) is 1. The number of fused-ring (bicyclic) bond motifs is 1. The number of hydrogen-bond donors (Lipinski definition) is 1. The molecular weight excluding hydrogens is 533 g/mol. The maximum absolute atomic E-state index is 13.9. The molecule has 1 heterocycles. The number of para-hydroxylation sites is 2. The second-order valence-electron chi connectivity index (χ2n) is 9.21. The standard InChI is InChI=1S/C34H25ClN3OP/c35-33-31(34(39)36-25-15-5-1-6-16-25)32(29-23-13-14-24-30(29)37-33)38-40(26-17-7-2-8-18-26,27-19-9-3-10-20-27)28-21-11-4-12-22-28/h1-24H,(H,36,39). The molecule has 5 aromatic carbocycles. The minimum atomic E-state index is -2.69. The number of benzene rings is 5. The van der Waals surface area contributed by atoms with Crippen LogP contribution in [0.2, 0.25) is 5.15 Å². The van der Waals surface area contributed by atoms with Crippen molar-refractivity contribution in [3.05, 3.63) is 156 Å². The normalized spacial score (nSPS) is 11.2. The first-order valence-corrected chi connectivity index (χ1v) is 15.0. The zero-order valence-electron chi connectivity index (χ0n) is 21.5. The monoisotopic (exact) mass is 557 g/mol. The molecule has 0 saturated carbocycles. The quantitative estimate of drug-likeness (QED) is 0.167. The van der Waals surface area contributed by atoms with Crippen LogP contribution in [0.3, 0.4) is 0 Å². The fourth-order valence-electron chi connectivity index (χ4n) is 4.89. The molecule has 1 amide bonds. The summed E-state index contributed by atoms with van der Waals surface area (Å²) in [5.74, 6) is -0.361. The van der Waals surface area contributed by atoms with Gasteiger partial charge in [-0.2, -0.15) is 0 Å². The van der Waals surface area contributed by atoms with Crippen LogP contribution in [-0.4, -0.2) is 10.9 Å². The molecule has 40 heavy (non-hydrogen) atoms. The summed E-state index contributed by atoms with van der Waals surface area (Å²) in [6.07, 6.45) is 0. The van der Waals surface area contributed by atoms with Gasteiger partial charge in [0.1, 0.15) is 10.7 Å². The second kappa shape index (κ2) is 11.3. The molecule has 0 saturated heterocycles. The maximum Gasteiger partial charge on any atom is 0.261 e. The van der Waals surface area contributed by atoms with Gasteiger partial charge in [0.2, 0.25) is 0 Å². The number of aromatic nitrogens is 1. The van der Waals surface area contributed by atoms with Crippen molar-refractivity contribution < 1.29 is 4.79 Å². The second-order valence-corrected chi connectivity index (χ2v) is 12.6. The van der Waals surface area contributed by atoms with Crippen LogP contribution in [0.5, 0.6) is 0 Å². The highest BCUT2D eigenvalue weighted by molar-refractivity contribution is 7.87. The van der Waals surface area contributed by atoms with E-state index in [9.17, 15) is 4.79 Å². The number of carbonyl (C=O) groups is 1. The predicted octanol–water partition coefficient (Wildman–Crippen LogP) is 7.95. The SMILES string of the molecule is O=C(Nc1ccccc1)c1c(Cl)nc2ccccc2c1N=P(c1ccccc1)(c1ccccc1)c1ccccc1. The summed E-state index contributed by atoms with van der Waals surface area (Å²) in [4.78, 5) is 18.5. The van der Waals surface area contributed by atoms with Crippen molar-refractivity contribution >= 4 is 62.8 Å². The third kappa shape index (κ3) is 4.84. The number of amides is 1. The lowest BCUT2D eigenvalue weighted by Gasteiger charge is -2.27. The van der Waals surface area contributed by atoms with Crippen molar-refractivity contribution in [2.24, 2.45) is 4.74 Å². The number of hydrogen-bond acceptors (Lipinski definition) is 3. The Morgan fingerprint density at radius 3 is 1.60 bits per heavy atom. The summed E-state index contributed by atoms with van der Waals surface area (Å²) in [6, 6.07) is 47.9. The van der Waals surface area contributed by atoms with E-state index < -0.39 is 7.05 Å². The van der Waals surface area contributed by atoms with Crippen LogP contribution in [0.1, 0.15) is 10.4 Å². The Hall–Kier alpha value is -4.50. The Morgan fingerprint density at radius 1 is 0.625 bits per heavy atom. The van der Waals surface area contributed by atoms with Crippen molar-refractivity contribution in [2.45, 2.75) is 0 Å². The summed E-state index contributed by atoms with van der Waals surface area (Å²) in [5.41, 5.74) is 2.11. The van der Waals surface area contributed by atoms with Crippen molar-refractivity contribution in [3.63, 3.8) is 0 Å². The van der Waals surface area contributed by atoms with Crippen LogP contribution in [-0.2, 0) is 0 Å². The highest BCUT2D eigenvalue weighted by Crippen LogP contribution is 2.51. The molecule has 6 heteroatoms. The third-order valence-corrected chi connectivity index (χ3v) is 10.6. The molecule has 0 unspecified atom stereocenters. The van der Waals surface area contributed by atoms with E-state index in [0.29, 0.717) is 16.9 Å². The smallest absolute Gasteiger partial charge is 0.261 e. The van der Waals surface area contributed by atoms with E-state index >= 15 is 0 Å². The van der Waals surface area contributed by atoms with Gasteiger partial charge >= 0.3 is 0 Å². The largest absolute Gasteiger partial charge is 0.322 e. The lowest BCUT2D eigenvalue weighted by atomic mass is 10.1. The van der Waals surface area contributed by atoms with E-state index in [1.807, 2.05) is 109 Å². The molecular formula is C34H25ClN3OP. The number of halogens is 1. The first-order valence-electron chi connectivity index (χ1n) is 12.9. The van der Waals surface area contributed by atoms with E-state index in [1.54, 1.807) is 0 Å². The van der Waals surface area contributed by atoms with Crippen LogP contribution in [0.15, 0.2) is 150 Å². The summed E-state index contributed by atoms with van der Waals surface area (Å²) in [6.45, 7) is 0. The predicted molar refractivity (Wildman–Crippen MR) is 168 cm³/mol. The van der Waals surface area contributed by atoms with Crippen molar-refractivity contribution in [1.82, 2.24) is 4.98 Å². The topological polar surface area (TPSA) is 54.4 Å². The van der Waals surface area contributed by atoms with Gasteiger partial charge in [0.15, 0.2) is 0 Å². The number of anilines is 1. The van der Waals surface area contributed by atoms with Gasteiger partial charge in [0.05, 0.1) is 18.3 Å². The molecule has 0 aliphatic carbocycles. The van der Waals surface area contributed by atoms with Crippen molar-refractivity contribution in [3.8, 4) is 0 Å². The van der Waals surface area contributed by atoms with Gasteiger partial charge in [0, 0.05) is 27.0 Å². The van der Waals surface area contributed by atoms with E-state index in [4.69, 9.17) is 16.3 Å². The number of carbonyl (C=O) groups excluding carboxylic acids is 1. The Balaban J connectivity index is 1.75. The zero-order chi connectivity index (χ0) is 27.4. The third-order valence-electron chi connectivity index (χ3n) is 6.72. The van der Waals surface area contributed by atoms with Gasteiger partial charge in [-0.25, -0.2) is 4.98 Å². The van der Waals surface area contributed by atoms with Crippen molar-refractivity contribution in [1.29, 1.82) is 0 Å². The molecule has 6 aromatic rings. The van der Waals surface area contributed by atoms with Crippen LogP contribution in [0.4, 0.5) is 11.4 Å². The van der Waals surface area contributed by atoms with Gasteiger partial charge in [0.25, 0.3) is 5.91 Å².